The average Bonchev–Trinajstić information content (AvgIpc) is 2.43. The maximum Gasteiger partial charge on any atom is 0.0685 e. The van der Waals surface area contributed by atoms with E-state index in [9.17, 15) is 0 Å². The van der Waals surface area contributed by atoms with Crippen molar-refractivity contribution in [3.05, 3.63) is 0 Å². The summed E-state index contributed by atoms with van der Waals surface area (Å²) in [4.78, 5) is 0. The molecule has 3 rings (SSSR count). The Labute approximate surface area is 131 Å². The van der Waals surface area contributed by atoms with Crippen LogP contribution in [0.2, 0.25) is 0 Å². The van der Waals surface area contributed by atoms with Gasteiger partial charge in [0.25, 0.3) is 0 Å². The highest BCUT2D eigenvalue weighted by Gasteiger charge is 2.44. The molecule has 1 spiro atoms. The zero-order valence-electron chi connectivity index (χ0n) is 14.2. The van der Waals surface area contributed by atoms with Crippen LogP contribution >= 0.6 is 0 Å². The molecule has 0 aromatic carbocycles. The first kappa shape index (κ1) is 15.8. The molecule has 1 aliphatic heterocycles. The Kier molecular flexibility index (Phi) is 5.27. The van der Waals surface area contributed by atoms with Crippen LogP contribution in [0.3, 0.4) is 0 Å². The van der Waals surface area contributed by atoms with E-state index in [1.54, 1.807) is 0 Å². The van der Waals surface area contributed by atoms with Gasteiger partial charge in [0.15, 0.2) is 0 Å². The maximum atomic E-state index is 6.29. The number of hydrogen-bond acceptors (Lipinski definition) is 2. The fraction of sp³-hybridized carbons (Fsp3) is 1.00. The first-order valence-corrected chi connectivity index (χ1v) is 9.53. The summed E-state index contributed by atoms with van der Waals surface area (Å²) in [5.41, 5.74) is 0.298. The molecule has 0 aromatic rings. The summed E-state index contributed by atoms with van der Waals surface area (Å²) >= 11 is 0. The van der Waals surface area contributed by atoms with Gasteiger partial charge in [-0.15, -0.1) is 0 Å². The summed E-state index contributed by atoms with van der Waals surface area (Å²) in [5, 5.41) is 3.70. The van der Waals surface area contributed by atoms with Gasteiger partial charge in [-0.25, -0.2) is 0 Å². The first-order chi connectivity index (χ1) is 10.2. The lowest BCUT2D eigenvalue weighted by Crippen LogP contribution is -2.47. The predicted octanol–water partition coefficient (Wildman–Crippen LogP) is 4.39. The van der Waals surface area contributed by atoms with Crippen molar-refractivity contribution in [2.75, 3.05) is 19.7 Å². The molecule has 2 aliphatic carbocycles. The van der Waals surface area contributed by atoms with Crippen LogP contribution in [-0.4, -0.2) is 25.3 Å². The van der Waals surface area contributed by atoms with Crippen LogP contribution in [0.5, 0.6) is 0 Å². The van der Waals surface area contributed by atoms with Crippen molar-refractivity contribution < 1.29 is 4.74 Å². The summed E-state index contributed by atoms with van der Waals surface area (Å²) in [6, 6.07) is 0. The van der Waals surface area contributed by atoms with E-state index in [1.807, 2.05) is 0 Å². The minimum atomic E-state index is 0.298. The predicted molar refractivity (Wildman–Crippen MR) is 88.4 cm³/mol. The van der Waals surface area contributed by atoms with Crippen LogP contribution in [0.25, 0.3) is 0 Å². The second kappa shape index (κ2) is 7.00. The summed E-state index contributed by atoms with van der Waals surface area (Å²) in [5.74, 6) is 3.67. The molecule has 1 heterocycles. The van der Waals surface area contributed by atoms with Crippen molar-refractivity contribution in [2.45, 2.75) is 77.2 Å². The molecule has 3 fully saturated rings. The van der Waals surface area contributed by atoms with E-state index >= 15 is 0 Å². The smallest absolute Gasteiger partial charge is 0.0685 e. The first-order valence-electron chi connectivity index (χ1n) is 9.53. The SMILES string of the molecule is CC(C)CNCC1CCC1C1CCOC2(CCCCC2)C1. The molecule has 0 bridgehead atoms. The lowest BCUT2D eigenvalue weighted by Gasteiger charge is -2.50. The van der Waals surface area contributed by atoms with Gasteiger partial charge in [0.05, 0.1) is 5.60 Å². The maximum absolute atomic E-state index is 6.29. The van der Waals surface area contributed by atoms with Gasteiger partial charge in [0.2, 0.25) is 0 Å². The molecular weight excluding hydrogens is 258 g/mol. The Morgan fingerprint density at radius 2 is 1.90 bits per heavy atom. The Morgan fingerprint density at radius 1 is 1.10 bits per heavy atom. The molecule has 122 valence electrons. The van der Waals surface area contributed by atoms with Gasteiger partial charge in [0.1, 0.15) is 0 Å². The highest BCUT2D eigenvalue weighted by molar-refractivity contribution is 4.95. The van der Waals surface area contributed by atoms with Crippen molar-refractivity contribution in [2.24, 2.45) is 23.7 Å². The Balaban J connectivity index is 1.49. The topological polar surface area (TPSA) is 21.3 Å². The molecule has 3 unspecified atom stereocenters. The van der Waals surface area contributed by atoms with E-state index in [0.717, 1.165) is 30.3 Å². The molecule has 0 radical (unpaired) electrons. The fourth-order valence-electron chi connectivity index (χ4n) is 5.00. The van der Waals surface area contributed by atoms with Crippen molar-refractivity contribution in [3.63, 3.8) is 0 Å². The highest BCUT2D eigenvalue weighted by atomic mass is 16.5. The number of hydrogen-bond donors (Lipinski definition) is 1. The molecule has 1 saturated heterocycles. The van der Waals surface area contributed by atoms with Crippen LogP contribution < -0.4 is 5.32 Å². The number of ether oxygens (including phenoxy) is 1. The third kappa shape index (κ3) is 3.82. The van der Waals surface area contributed by atoms with E-state index in [4.69, 9.17) is 4.74 Å². The Bertz CT molecular complexity index is 316. The molecule has 21 heavy (non-hydrogen) atoms. The van der Waals surface area contributed by atoms with E-state index < -0.39 is 0 Å². The average molecular weight is 293 g/mol. The fourth-order valence-corrected chi connectivity index (χ4v) is 5.00. The number of rotatable bonds is 5. The molecule has 3 aliphatic rings. The van der Waals surface area contributed by atoms with Gasteiger partial charge in [0, 0.05) is 6.61 Å². The van der Waals surface area contributed by atoms with Gasteiger partial charge in [-0.1, -0.05) is 33.1 Å². The summed E-state index contributed by atoms with van der Waals surface area (Å²) in [6.45, 7) is 8.08. The van der Waals surface area contributed by atoms with Crippen LogP contribution in [0.1, 0.15) is 71.6 Å². The van der Waals surface area contributed by atoms with E-state index in [1.165, 1.54) is 70.9 Å². The molecule has 0 amide bonds. The lowest BCUT2D eigenvalue weighted by atomic mass is 9.62. The van der Waals surface area contributed by atoms with E-state index in [0.29, 0.717) is 5.60 Å². The highest BCUT2D eigenvalue weighted by Crippen LogP contribution is 2.49. The minimum absolute atomic E-state index is 0.298. The molecule has 3 atom stereocenters. The third-order valence-electron chi connectivity index (χ3n) is 6.34. The third-order valence-corrected chi connectivity index (χ3v) is 6.34. The van der Waals surface area contributed by atoms with Gasteiger partial charge < -0.3 is 10.1 Å². The molecule has 1 N–H and O–H groups in total. The summed E-state index contributed by atoms with van der Waals surface area (Å²) in [7, 11) is 0. The largest absolute Gasteiger partial charge is 0.375 e. The van der Waals surface area contributed by atoms with E-state index in [2.05, 4.69) is 19.2 Å². The van der Waals surface area contributed by atoms with Gasteiger partial charge >= 0.3 is 0 Å². The van der Waals surface area contributed by atoms with Crippen molar-refractivity contribution >= 4 is 0 Å². The normalized spacial score (nSPS) is 35.9. The van der Waals surface area contributed by atoms with Crippen molar-refractivity contribution in [1.29, 1.82) is 0 Å². The molecular formula is C19H35NO. The summed E-state index contributed by atoms with van der Waals surface area (Å²) in [6.07, 6.45) is 12.5. The van der Waals surface area contributed by atoms with Crippen molar-refractivity contribution in [1.82, 2.24) is 5.32 Å². The minimum Gasteiger partial charge on any atom is -0.375 e. The quantitative estimate of drug-likeness (QED) is 0.812. The van der Waals surface area contributed by atoms with Crippen LogP contribution in [0.15, 0.2) is 0 Å². The standard InChI is InChI=1S/C19H35NO/c1-15(2)13-20-14-17-6-7-18(17)16-8-11-21-19(12-16)9-4-3-5-10-19/h15-18,20H,3-14H2,1-2H3. The van der Waals surface area contributed by atoms with E-state index in [-0.39, 0.29) is 0 Å². The molecule has 0 aromatic heterocycles. The summed E-state index contributed by atoms with van der Waals surface area (Å²) < 4.78 is 6.29. The molecule has 2 saturated carbocycles. The van der Waals surface area contributed by atoms with Crippen LogP contribution in [-0.2, 0) is 4.74 Å². The van der Waals surface area contributed by atoms with Gasteiger partial charge in [-0.2, -0.15) is 0 Å². The zero-order valence-corrected chi connectivity index (χ0v) is 14.2. The van der Waals surface area contributed by atoms with Gasteiger partial charge in [-0.3, -0.25) is 0 Å². The zero-order chi connectivity index (χ0) is 14.7. The van der Waals surface area contributed by atoms with Gasteiger partial charge in [-0.05, 0) is 75.3 Å². The van der Waals surface area contributed by atoms with Crippen LogP contribution in [0, 0.1) is 23.7 Å². The Hall–Kier alpha value is -0.0800. The Morgan fingerprint density at radius 3 is 2.57 bits per heavy atom. The monoisotopic (exact) mass is 293 g/mol. The van der Waals surface area contributed by atoms with Crippen LogP contribution in [0.4, 0.5) is 0 Å². The molecule has 2 nitrogen and oxygen atoms in total. The number of nitrogens with one attached hydrogen (secondary N) is 1. The molecule has 2 heteroatoms. The lowest BCUT2D eigenvalue weighted by molar-refractivity contribution is -0.135. The second-order valence-corrected chi connectivity index (χ2v) is 8.40. The van der Waals surface area contributed by atoms with Crippen molar-refractivity contribution in [3.8, 4) is 0 Å². The second-order valence-electron chi connectivity index (χ2n) is 8.40.